The van der Waals surface area contributed by atoms with Crippen LogP contribution in [-0.2, 0) is 17.9 Å². The molecule has 1 aromatic heterocycles. The van der Waals surface area contributed by atoms with Crippen molar-refractivity contribution in [3.05, 3.63) is 105 Å². The number of aryl methyl sites for hydroxylation is 3. The van der Waals surface area contributed by atoms with E-state index in [1.165, 1.54) is 33.4 Å². The fourth-order valence-electron chi connectivity index (χ4n) is 4.89. The molecule has 0 aliphatic carbocycles. The van der Waals surface area contributed by atoms with Crippen LogP contribution in [0.15, 0.2) is 67.0 Å². The molecule has 6 nitrogen and oxygen atoms in total. The van der Waals surface area contributed by atoms with Crippen molar-refractivity contribution in [2.45, 2.75) is 66.5 Å². The van der Waals surface area contributed by atoms with E-state index in [9.17, 15) is 4.79 Å². The predicted molar refractivity (Wildman–Crippen MR) is 166 cm³/mol. The number of nitrogens with zero attached hydrogens (tertiary/aromatic N) is 3. The molecule has 0 unspecified atom stereocenters. The van der Waals surface area contributed by atoms with Crippen molar-refractivity contribution in [1.82, 2.24) is 9.97 Å². The third-order valence-corrected chi connectivity index (χ3v) is 7.24. The number of hydrogen-bond acceptors (Lipinski definition) is 5. The molecule has 4 aromatic rings. The van der Waals surface area contributed by atoms with Gasteiger partial charge in [-0.2, -0.15) is 0 Å². The van der Waals surface area contributed by atoms with Gasteiger partial charge in [0.15, 0.2) is 5.75 Å². The highest BCUT2D eigenvalue weighted by molar-refractivity contribution is 6.30. The quantitative estimate of drug-likeness (QED) is 0.172. The zero-order valence-electron chi connectivity index (χ0n) is 24.4. The van der Waals surface area contributed by atoms with E-state index in [1.807, 2.05) is 19.1 Å². The molecule has 1 heterocycles. The topological polar surface area (TPSA) is 75.6 Å². The lowest BCUT2D eigenvalue weighted by atomic mass is 9.90. The summed E-state index contributed by atoms with van der Waals surface area (Å²) in [5.74, 6) is 0.675. The highest BCUT2D eigenvalue weighted by Crippen LogP contribution is 2.32. The van der Waals surface area contributed by atoms with Crippen LogP contribution in [-0.4, -0.2) is 27.7 Å². The first-order valence-corrected chi connectivity index (χ1v) is 14.3. The van der Waals surface area contributed by atoms with Crippen molar-refractivity contribution in [3.63, 3.8) is 0 Å². The Morgan fingerprint density at radius 2 is 1.68 bits per heavy atom. The lowest BCUT2D eigenvalue weighted by Gasteiger charge is -2.25. The standard InChI is InChI=1S/C34H38ClN3O3/c1-22(2)27-10-9-25(5)32(17-27)31-11-8-23(3)14-28(31)21-38(20-26-13-24(4)15-29(35)16-26)34-36-18-30(19-37-34)41-12-6-7-33(39)40/h8-11,13-19,22H,6-7,12,20-21H2,1-5H3,(H,39,40). The largest absolute Gasteiger partial charge is 0.490 e. The highest BCUT2D eigenvalue weighted by Gasteiger charge is 2.17. The fraction of sp³-hybridized carbons (Fsp3) is 0.324. The van der Waals surface area contributed by atoms with E-state index in [0.717, 1.165) is 11.1 Å². The predicted octanol–water partition coefficient (Wildman–Crippen LogP) is 8.30. The van der Waals surface area contributed by atoms with Crippen molar-refractivity contribution >= 4 is 23.5 Å². The maximum absolute atomic E-state index is 10.8. The van der Waals surface area contributed by atoms with Crippen LogP contribution in [0.2, 0.25) is 5.02 Å². The highest BCUT2D eigenvalue weighted by atomic mass is 35.5. The van der Waals surface area contributed by atoms with Crippen LogP contribution in [0, 0.1) is 20.8 Å². The number of ether oxygens (including phenoxy) is 1. The van der Waals surface area contributed by atoms with Gasteiger partial charge >= 0.3 is 5.97 Å². The molecule has 0 spiro atoms. The number of rotatable bonds is 12. The number of aromatic nitrogens is 2. The first-order valence-electron chi connectivity index (χ1n) is 14.0. The molecular formula is C34H38ClN3O3. The number of hydrogen-bond donors (Lipinski definition) is 1. The lowest BCUT2D eigenvalue weighted by Crippen LogP contribution is -2.25. The molecule has 214 valence electrons. The molecule has 3 aromatic carbocycles. The van der Waals surface area contributed by atoms with E-state index in [4.69, 9.17) is 21.4 Å². The second-order valence-corrected chi connectivity index (χ2v) is 11.4. The smallest absolute Gasteiger partial charge is 0.303 e. The first-order chi connectivity index (χ1) is 19.6. The lowest BCUT2D eigenvalue weighted by molar-refractivity contribution is -0.137. The molecular weight excluding hydrogens is 534 g/mol. The molecule has 41 heavy (non-hydrogen) atoms. The van der Waals surface area contributed by atoms with Gasteiger partial charge in [0.1, 0.15) is 0 Å². The van der Waals surface area contributed by atoms with Crippen molar-refractivity contribution in [1.29, 1.82) is 0 Å². The summed E-state index contributed by atoms with van der Waals surface area (Å²) in [6.45, 7) is 12.2. The van der Waals surface area contributed by atoms with Gasteiger partial charge in [-0.3, -0.25) is 4.79 Å². The molecule has 0 saturated carbocycles. The molecule has 0 saturated heterocycles. The van der Waals surface area contributed by atoms with E-state index in [0.29, 0.717) is 48.8 Å². The molecule has 0 aliphatic heterocycles. The number of halogens is 1. The van der Waals surface area contributed by atoms with Gasteiger partial charge in [0.2, 0.25) is 5.95 Å². The Bertz CT molecular complexity index is 1480. The van der Waals surface area contributed by atoms with Gasteiger partial charge in [0.05, 0.1) is 19.0 Å². The van der Waals surface area contributed by atoms with Gasteiger partial charge in [-0.15, -0.1) is 0 Å². The third kappa shape index (κ3) is 8.30. The summed E-state index contributed by atoms with van der Waals surface area (Å²) in [6.07, 6.45) is 3.77. The summed E-state index contributed by atoms with van der Waals surface area (Å²) >= 11 is 6.42. The van der Waals surface area contributed by atoms with Crippen molar-refractivity contribution in [2.24, 2.45) is 0 Å². The fourth-order valence-corrected chi connectivity index (χ4v) is 5.20. The molecule has 7 heteroatoms. The number of carbonyl (C=O) groups is 1. The Balaban J connectivity index is 1.69. The molecule has 4 rings (SSSR count). The van der Waals surface area contributed by atoms with Crippen molar-refractivity contribution in [3.8, 4) is 16.9 Å². The summed E-state index contributed by atoms with van der Waals surface area (Å²) in [6, 6.07) is 19.4. The summed E-state index contributed by atoms with van der Waals surface area (Å²) in [5.41, 5.74) is 9.51. The Kier molecular flexibility index (Phi) is 10.0. The zero-order chi connectivity index (χ0) is 29.5. The molecule has 1 N–H and O–H groups in total. The van der Waals surface area contributed by atoms with Gasteiger partial charge in [0, 0.05) is 24.5 Å². The summed E-state index contributed by atoms with van der Waals surface area (Å²) in [5, 5.41) is 9.55. The van der Waals surface area contributed by atoms with Crippen molar-refractivity contribution in [2.75, 3.05) is 11.5 Å². The van der Waals surface area contributed by atoms with Crippen LogP contribution < -0.4 is 9.64 Å². The van der Waals surface area contributed by atoms with Gasteiger partial charge in [-0.1, -0.05) is 73.5 Å². The van der Waals surface area contributed by atoms with Crippen LogP contribution in [0.5, 0.6) is 5.75 Å². The van der Waals surface area contributed by atoms with E-state index < -0.39 is 5.97 Å². The number of benzene rings is 3. The van der Waals surface area contributed by atoms with E-state index >= 15 is 0 Å². The first kappa shape index (κ1) is 30.1. The van der Waals surface area contributed by atoms with E-state index in [-0.39, 0.29) is 6.42 Å². The summed E-state index contributed by atoms with van der Waals surface area (Å²) < 4.78 is 5.67. The number of anilines is 1. The minimum Gasteiger partial charge on any atom is -0.490 e. The Labute approximate surface area is 248 Å². The minimum absolute atomic E-state index is 0.0597. The third-order valence-electron chi connectivity index (χ3n) is 7.02. The molecule has 0 bridgehead atoms. The van der Waals surface area contributed by atoms with Crippen LogP contribution in [0.4, 0.5) is 5.95 Å². The van der Waals surface area contributed by atoms with Gasteiger partial charge in [-0.05, 0) is 84.2 Å². The average Bonchev–Trinajstić information content (AvgIpc) is 2.91. The van der Waals surface area contributed by atoms with Gasteiger partial charge in [0.25, 0.3) is 0 Å². The van der Waals surface area contributed by atoms with Gasteiger partial charge < -0.3 is 14.7 Å². The molecule has 0 atom stereocenters. The minimum atomic E-state index is -0.839. The van der Waals surface area contributed by atoms with Crippen LogP contribution in [0.3, 0.4) is 0 Å². The summed E-state index contributed by atoms with van der Waals surface area (Å²) in [7, 11) is 0. The summed E-state index contributed by atoms with van der Waals surface area (Å²) in [4.78, 5) is 22.2. The number of aliphatic carboxylic acids is 1. The average molecular weight is 572 g/mol. The maximum atomic E-state index is 10.8. The Hall–Kier alpha value is -3.90. The molecule has 0 fully saturated rings. The van der Waals surface area contributed by atoms with Crippen molar-refractivity contribution < 1.29 is 14.6 Å². The van der Waals surface area contributed by atoms with E-state index in [2.05, 4.69) is 85.0 Å². The van der Waals surface area contributed by atoms with Crippen LogP contribution in [0.1, 0.15) is 66.0 Å². The molecule has 0 amide bonds. The SMILES string of the molecule is Cc1cc(Cl)cc(CN(Cc2cc(C)ccc2-c2cc(C(C)C)ccc2C)c2ncc(OCCCC(=O)O)cn2)c1. The molecule has 0 aliphatic rings. The maximum Gasteiger partial charge on any atom is 0.303 e. The Morgan fingerprint density at radius 1 is 0.927 bits per heavy atom. The second-order valence-electron chi connectivity index (χ2n) is 10.9. The second kappa shape index (κ2) is 13.6. The normalized spacial score (nSPS) is 11.1. The van der Waals surface area contributed by atoms with E-state index in [1.54, 1.807) is 12.4 Å². The van der Waals surface area contributed by atoms with Gasteiger partial charge in [-0.25, -0.2) is 9.97 Å². The molecule has 0 radical (unpaired) electrons. The number of carboxylic acid groups (broad SMARTS) is 1. The Morgan fingerprint density at radius 3 is 2.37 bits per heavy atom. The van der Waals surface area contributed by atoms with Crippen LogP contribution >= 0.6 is 11.6 Å². The monoisotopic (exact) mass is 571 g/mol. The van der Waals surface area contributed by atoms with Crippen LogP contribution in [0.25, 0.3) is 11.1 Å². The number of carboxylic acids is 1. The zero-order valence-corrected chi connectivity index (χ0v) is 25.2.